The smallest absolute Gasteiger partial charge is 0.0533 e. The van der Waals surface area contributed by atoms with Crippen molar-refractivity contribution in [1.82, 2.24) is 0 Å². The second-order valence-electron chi connectivity index (χ2n) is 10.2. The largest absolute Gasteiger partial charge is 0.317 e. The fraction of sp³-hybridized carbons (Fsp3) is 0.0500. The molecule has 0 aliphatic heterocycles. The van der Waals surface area contributed by atoms with E-state index in [1.807, 2.05) is 6.08 Å². The van der Waals surface area contributed by atoms with E-state index >= 15 is 0 Å². The fourth-order valence-electron chi connectivity index (χ4n) is 5.51. The molecule has 0 saturated carbocycles. The first kappa shape index (κ1) is 26.1. The molecule has 6 aromatic rings. The third kappa shape index (κ3) is 5.76. The van der Waals surface area contributed by atoms with E-state index in [1.165, 1.54) is 38.6 Å². The summed E-state index contributed by atoms with van der Waals surface area (Å²) in [6.45, 7) is 4.11. The van der Waals surface area contributed by atoms with Gasteiger partial charge in [-0.2, -0.15) is 0 Å². The van der Waals surface area contributed by atoms with E-state index < -0.39 is 0 Å². The summed E-state index contributed by atoms with van der Waals surface area (Å²) in [6, 6.07) is 53.9. The lowest BCUT2D eigenvalue weighted by Gasteiger charge is -2.23. The highest BCUT2D eigenvalue weighted by atomic mass is 15.1. The third-order valence-electron chi connectivity index (χ3n) is 7.65. The lowest BCUT2D eigenvalue weighted by molar-refractivity contribution is 0.863. The average Bonchev–Trinajstić information content (AvgIpc) is 3.06. The van der Waals surface area contributed by atoms with Gasteiger partial charge in [0.1, 0.15) is 0 Å². The molecule has 1 nitrogen and oxygen atoms in total. The van der Waals surface area contributed by atoms with Crippen molar-refractivity contribution in [2.75, 3.05) is 4.90 Å². The summed E-state index contributed by atoms with van der Waals surface area (Å²) in [6.07, 6.45) is 7.39. The van der Waals surface area contributed by atoms with E-state index in [2.05, 4.69) is 175 Å². The summed E-state index contributed by atoms with van der Waals surface area (Å²) in [5.74, 6) is 0.263. The van der Waals surface area contributed by atoms with Gasteiger partial charge in [0.05, 0.1) is 5.69 Å². The van der Waals surface area contributed by atoms with Crippen LogP contribution in [0.1, 0.15) is 17.9 Å². The van der Waals surface area contributed by atoms with Gasteiger partial charge >= 0.3 is 0 Å². The Hall–Kier alpha value is -5.14. The van der Waals surface area contributed by atoms with Crippen molar-refractivity contribution in [2.24, 2.45) is 0 Å². The Kier molecular flexibility index (Phi) is 7.87. The number of allylic oxidation sites excluding steroid dienone is 2. The zero-order valence-corrected chi connectivity index (χ0v) is 23.1. The van der Waals surface area contributed by atoms with E-state index in [0.717, 1.165) is 17.8 Å². The number of benzene rings is 6. The first-order chi connectivity index (χ1) is 20.3. The van der Waals surface area contributed by atoms with Gasteiger partial charge in [-0.05, 0) is 57.8 Å². The summed E-state index contributed by atoms with van der Waals surface area (Å²) < 4.78 is 0. The summed E-state index contributed by atoms with van der Waals surface area (Å²) in [7, 11) is 0. The molecular formula is C40H33N. The standard InChI is InChI=1S/C40H33N/c1-2-31(32-15-5-3-6-16-32)21-14-30-41(40-25-13-20-34-19-9-10-24-39(34)40)36-28-26-35(27-29-36)38-23-12-11-22-37(38)33-17-7-4-8-18-33/h2-20,22-31H,1,21H2/b30-14+. The maximum Gasteiger partial charge on any atom is 0.0533 e. The van der Waals surface area contributed by atoms with Gasteiger partial charge in [-0.25, -0.2) is 0 Å². The molecule has 0 spiro atoms. The molecule has 1 unspecified atom stereocenters. The quantitative estimate of drug-likeness (QED) is 0.169. The first-order valence-electron chi connectivity index (χ1n) is 14.2. The molecule has 0 aliphatic rings. The Morgan fingerprint density at radius 2 is 1.15 bits per heavy atom. The second-order valence-corrected chi connectivity index (χ2v) is 10.2. The Morgan fingerprint density at radius 1 is 0.561 bits per heavy atom. The predicted octanol–water partition coefficient (Wildman–Crippen LogP) is 11.2. The lowest BCUT2D eigenvalue weighted by atomic mass is 9.94. The number of hydrogen-bond acceptors (Lipinski definition) is 1. The van der Waals surface area contributed by atoms with Crippen molar-refractivity contribution in [2.45, 2.75) is 12.3 Å². The number of nitrogens with zero attached hydrogens (tertiary/aromatic N) is 1. The zero-order chi connectivity index (χ0) is 27.9. The van der Waals surface area contributed by atoms with Crippen LogP contribution >= 0.6 is 0 Å². The Balaban J connectivity index is 1.37. The molecular weight excluding hydrogens is 494 g/mol. The van der Waals surface area contributed by atoms with Gasteiger partial charge in [0, 0.05) is 23.2 Å². The van der Waals surface area contributed by atoms with Crippen LogP contribution in [0.15, 0.2) is 177 Å². The molecule has 41 heavy (non-hydrogen) atoms. The van der Waals surface area contributed by atoms with E-state index in [9.17, 15) is 0 Å². The molecule has 0 radical (unpaired) electrons. The van der Waals surface area contributed by atoms with E-state index in [1.54, 1.807) is 0 Å². The van der Waals surface area contributed by atoms with Crippen molar-refractivity contribution in [3.63, 3.8) is 0 Å². The molecule has 0 aliphatic carbocycles. The minimum atomic E-state index is 0.263. The molecule has 6 aromatic carbocycles. The Bertz CT molecular complexity index is 1760. The van der Waals surface area contributed by atoms with Gasteiger partial charge in [0.25, 0.3) is 0 Å². The summed E-state index contributed by atoms with van der Waals surface area (Å²) in [4.78, 5) is 2.31. The lowest BCUT2D eigenvalue weighted by Crippen LogP contribution is -2.09. The molecule has 0 heterocycles. The van der Waals surface area contributed by atoms with Crippen LogP contribution in [0.4, 0.5) is 11.4 Å². The van der Waals surface area contributed by atoms with Crippen molar-refractivity contribution >= 4 is 22.1 Å². The maximum absolute atomic E-state index is 4.11. The van der Waals surface area contributed by atoms with Crippen LogP contribution in [0.5, 0.6) is 0 Å². The molecule has 1 atom stereocenters. The van der Waals surface area contributed by atoms with Gasteiger partial charge in [-0.15, -0.1) is 6.58 Å². The zero-order valence-electron chi connectivity index (χ0n) is 23.1. The molecule has 0 saturated heterocycles. The van der Waals surface area contributed by atoms with Crippen LogP contribution in [-0.4, -0.2) is 0 Å². The number of fused-ring (bicyclic) bond motifs is 1. The highest BCUT2D eigenvalue weighted by molar-refractivity contribution is 5.97. The summed E-state index contributed by atoms with van der Waals surface area (Å²) in [5, 5.41) is 2.45. The first-order valence-corrected chi connectivity index (χ1v) is 14.2. The van der Waals surface area contributed by atoms with Crippen molar-refractivity contribution in [3.05, 3.63) is 182 Å². The minimum absolute atomic E-state index is 0.263. The van der Waals surface area contributed by atoms with Gasteiger partial charge in [-0.1, -0.05) is 146 Å². The second kappa shape index (κ2) is 12.4. The molecule has 198 valence electrons. The van der Waals surface area contributed by atoms with Crippen LogP contribution in [-0.2, 0) is 0 Å². The molecule has 0 amide bonds. The van der Waals surface area contributed by atoms with Crippen LogP contribution in [0.25, 0.3) is 33.0 Å². The normalized spacial score (nSPS) is 11.9. The average molecular weight is 528 g/mol. The molecule has 6 rings (SSSR count). The minimum Gasteiger partial charge on any atom is -0.317 e. The molecule has 0 bridgehead atoms. The summed E-state index contributed by atoms with van der Waals surface area (Å²) in [5.41, 5.74) is 8.45. The predicted molar refractivity (Wildman–Crippen MR) is 177 cm³/mol. The number of hydrogen-bond donors (Lipinski definition) is 0. The third-order valence-corrected chi connectivity index (χ3v) is 7.65. The fourth-order valence-corrected chi connectivity index (χ4v) is 5.51. The van der Waals surface area contributed by atoms with Crippen molar-refractivity contribution in [3.8, 4) is 22.3 Å². The van der Waals surface area contributed by atoms with E-state index in [-0.39, 0.29) is 5.92 Å². The Morgan fingerprint density at radius 3 is 1.85 bits per heavy atom. The van der Waals surface area contributed by atoms with Crippen LogP contribution in [0.3, 0.4) is 0 Å². The molecule has 0 N–H and O–H groups in total. The van der Waals surface area contributed by atoms with Gasteiger partial charge in [0.15, 0.2) is 0 Å². The SMILES string of the molecule is C=CC(C/C=C/N(c1ccc(-c2ccccc2-c2ccccc2)cc1)c1cccc2ccccc12)c1ccccc1. The monoisotopic (exact) mass is 527 g/mol. The number of anilines is 2. The molecule has 0 fully saturated rings. The van der Waals surface area contributed by atoms with E-state index in [4.69, 9.17) is 0 Å². The van der Waals surface area contributed by atoms with Gasteiger partial charge in [0.2, 0.25) is 0 Å². The van der Waals surface area contributed by atoms with Crippen LogP contribution in [0.2, 0.25) is 0 Å². The van der Waals surface area contributed by atoms with Gasteiger partial charge in [-0.3, -0.25) is 0 Å². The number of rotatable bonds is 9. The molecule has 1 heteroatoms. The Labute approximate surface area is 243 Å². The van der Waals surface area contributed by atoms with E-state index in [0.29, 0.717) is 0 Å². The highest BCUT2D eigenvalue weighted by Crippen LogP contribution is 2.36. The van der Waals surface area contributed by atoms with Crippen LogP contribution in [0, 0.1) is 0 Å². The van der Waals surface area contributed by atoms with Gasteiger partial charge < -0.3 is 4.90 Å². The summed E-state index contributed by atoms with van der Waals surface area (Å²) >= 11 is 0. The maximum atomic E-state index is 4.11. The van der Waals surface area contributed by atoms with Crippen LogP contribution < -0.4 is 4.90 Å². The highest BCUT2D eigenvalue weighted by Gasteiger charge is 2.13. The van der Waals surface area contributed by atoms with Crippen molar-refractivity contribution in [1.29, 1.82) is 0 Å². The molecule has 0 aromatic heterocycles. The van der Waals surface area contributed by atoms with Crippen molar-refractivity contribution < 1.29 is 0 Å². The topological polar surface area (TPSA) is 3.24 Å².